The Kier molecular flexibility index (Phi) is 10.1. The van der Waals surface area contributed by atoms with E-state index in [0.717, 1.165) is 37.1 Å². The minimum Gasteiger partial charge on any atom is -0.478 e. The van der Waals surface area contributed by atoms with Gasteiger partial charge in [-0.1, -0.05) is 67.3 Å². The molecule has 0 radical (unpaired) electrons. The van der Waals surface area contributed by atoms with Gasteiger partial charge in [0, 0.05) is 20.3 Å². The first kappa shape index (κ1) is 28.9. The highest BCUT2D eigenvalue weighted by molar-refractivity contribution is 9.10. The summed E-state index contributed by atoms with van der Waals surface area (Å²) in [5.41, 5.74) is 7.14. The maximum Gasteiger partial charge on any atom is 0.340 e. The van der Waals surface area contributed by atoms with Crippen molar-refractivity contribution in [3.63, 3.8) is 0 Å². The van der Waals surface area contributed by atoms with E-state index in [1.54, 1.807) is 12.1 Å². The van der Waals surface area contributed by atoms with Gasteiger partial charge < -0.3 is 20.5 Å². The average molecular weight is 640 g/mol. The molecule has 0 aliphatic rings. The van der Waals surface area contributed by atoms with E-state index in [4.69, 9.17) is 4.74 Å². The van der Waals surface area contributed by atoms with Gasteiger partial charge in [-0.3, -0.25) is 0 Å². The smallest absolute Gasteiger partial charge is 0.340 e. The molecule has 4 rings (SSSR count). The summed E-state index contributed by atoms with van der Waals surface area (Å²) in [6, 6.07) is 24.8. The number of benzene rings is 4. The summed E-state index contributed by atoms with van der Waals surface area (Å²) >= 11 is 6.67. The molecule has 0 heterocycles. The first-order valence-corrected chi connectivity index (χ1v) is 13.2. The van der Waals surface area contributed by atoms with Crippen molar-refractivity contribution in [1.82, 2.24) is 0 Å². The minimum atomic E-state index is -0.945. The van der Waals surface area contributed by atoms with Gasteiger partial charge in [-0.15, -0.1) is 0 Å². The predicted molar refractivity (Wildman–Crippen MR) is 160 cm³/mol. The molecule has 0 aliphatic carbocycles. The van der Waals surface area contributed by atoms with Crippen molar-refractivity contribution in [2.24, 2.45) is 0 Å². The lowest BCUT2D eigenvalue weighted by molar-refractivity contribution is 0.0601. The number of anilines is 4. The van der Waals surface area contributed by atoms with Gasteiger partial charge in [0.1, 0.15) is 0 Å². The van der Waals surface area contributed by atoms with Crippen LogP contribution in [0.25, 0.3) is 0 Å². The van der Waals surface area contributed by atoms with Gasteiger partial charge in [-0.05, 0) is 80.9 Å². The lowest BCUT2D eigenvalue weighted by Gasteiger charge is -2.13. The van der Waals surface area contributed by atoms with Crippen LogP contribution >= 0.6 is 31.9 Å². The van der Waals surface area contributed by atoms with E-state index >= 15 is 0 Å². The van der Waals surface area contributed by atoms with E-state index < -0.39 is 5.97 Å². The second-order valence-electron chi connectivity index (χ2n) is 8.61. The Hall–Kier alpha value is -3.62. The average Bonchev–Trinajstić information content (AvgIpc) is 2.88. The molecule has 0 saturated carbocycles. The van der Waals surface area contributed by atoms with Crippen LogP contribution in [0.5, 0.6) is 0 Å². The fraction of sp³-hybridized carbons (Fsp3) is 0.133. The van der Waals surface area contributed by atoms with E-state index in [1.165, 1.54) is 12.7 Å². The molecule has 4 aromatic carbocycles. The first-order chi connectivity index (χ1) is 18.1. The van der Waals surface area contributed by atoms with Gasteiger partial charge in [0.2, 0.25) is 0 Å². The van der Waals surface area contributed by atoms with Crippen LogP contribution in [-0.4, -0.2) is 24.2 Å². The van der Waals surface area contributed by atoms with Crippen molar-refractivity contribution in [3.05, 3.63) is 116 Å². The van der Waals surface area contributed by atoms with Gasteiger partial charge >= 0.3 is 11.9 Å². The van der Waals surface area contributed by atoms with Gasteiger partial charge in [0.05, 0.1) is 29.6 Å². The maximum atomic E-state index is 11.7. The van der Waals surface area contributed by atoms with Crippen LogP contribution in [0, 0.1) is 20.8 Å². The van der Waals surface area contributed by atoms with Crippen molar-refractivity contribution in [1.29, 1.82) is 0 Å². The molecule has 196 valence electrons. The number of carbonyl (C=O) groups is 2. The standard InChI is InChI=1S/2C15H14BrNO2/c1-10-3-6-12(7-4-10)17-14-8-5-11(16)9-13(14)15(18)19-2;1-9-3-5-12(6-4-9)17-14-10(2)7-11(16)8-13(14)15(18)19/h3-9,17H,1-2H3;3-8,17H,1-2H3,(H,18,19). The predicted octanol–water partition coefficient (Wildman–Crippen LogP) is 8.80. The molecular formula is C30H28Br2N2O4. The van der Waals surface area contributed by atoms with E-state index in [-0.39, 0.29) is 11.5 Å². The Morgan fingerprint density at radius 3 is 1.76 bits per heavy atom. The summed E-state index contributed by atoms with van der Waals surface area (Å²) in [6.45, 7) is 5.92. The molecule has 0 bridgehead atoms. The van der Waals surface area contributed by atoms with Crippen molar-refractivity contribution < 1.29 is 19.4 Å². The summed E-state index contributed by atoms with van der Waals surface area (Å²) in [6.07, 6.45) is 0. The lowest BCUT2D eigenvalue weighted by Crippen LogP contribution is -2.05. The number of aromatic carboxylic acids is 1. The van der Waals surface area contributed by atoms with E-state index in [0.29, 0.717) is 11.3 Å². The number of carboxylic acid groups (broad SMARTS) is 1. The number of aryl methyl sites for hydroxylation is 3. The highest BCUT2D eigenvalue weighted by Crippen LogP contribution is 2.29. The number of rotatable bonds is 6. The molecule has 0 atom stereocenters. The van der Waals surface area contributed by atoms with Crippen LogP contribution < -0.4 is 10.6 Å². The number of hydrogen-bond donors (Lipinski definition) is 3. The molecule has 38 heavy (non-hydrogen) atoms. The normalized spacial score (nSPS) is 10.2. The third-order valence-electron chi connectivity index (χ3n) is 5.57. The number of ether oxygens (including phenoxy) is 1. The van der Waals surface area contributed by atoms with Crippen LogP contribution in [0.3, 0.4) is 0 Å². The summed E-state index contributed by atoms with van der Waals surface area (Å²) in [7, 11) is 1.37. The topological polar surface area (TPSA) is 87.7 Å². The molecule has 0 aromatic heterocycles. The van der Waals surface area contributed by atoms with Crippen LogP contribution in [0.4, 0.5) is 22.7 Å². The zero-order valence-corrected chi connectivity index (χ0v) is 24.6. The molecule has 0 unspecified atom stereocenters. The monoisotopic (exact) mass is 638 g/mol. The minimum absolute atomic E-state index is 0.257. The molecule has 0 aliphatic heterocycles. The van der Waals surface area contributed by atoms with E-state index in [9.17, 15) is 14.7 Å². The third kappa shape index (κ3) is 7.94. The number of halogens is 2. The SMILES string of the molecule is COC(=O)c1cc(Br)ccc1Nc1ccc(C)cc1.Cc1ccc(Nc2c(C)cc(Br)cc2C(=O)O)cc1. The molecule has 3 N–H and O–H groups in total. The summed E-state index contributed by atoms with van der Waals surface area (Å²) < 4.78 is 6.39. The number of hydrogen-bond acceptors (Lipinski definition) is 5. The second kappa shape index (κ2) is 13.3. The van der Waals surface area contributed by atoms with Gasteiger partial charge in [-0.25, -0.2) is 9.59 Å². The number of carboxylic acids is 1. The number of esters is 1. The summed E-state index contributed by atoms with van der Waals surface area (Å²) in [5, 5.41) is 15.7. The van der Waals surface area contributed by atoms with Crippen molar-refractivity contribution >= 4 is 66.5 Å². The van der Waals surface area contributed by atoms with Crippen molar-refractivity contribution in [2.75, 3.05) is 17.7 Å². The Balaban J connectivity index is 0.000000211. The Bertz CT molecular complexity index is 1440. The van der Waals surface area contributed by atoms with Crippen molar-refractivity contribution in [3.8, 4) is 0 Å². The van der Waals surface area contributed by atoms with Gasteiger partial charge in [0.15, 0.2) is 0 Å². The molecule has 0 spiro atoms. The number of nitrogens with one attached hydrogen (secondary N) is 2. The van der Waals surface area contributed by atoms with Crippen LogP contribution in [0.2, 0.25) is 0 Å². The Morgan fingerprint density at radius 2 is 1.24 bits per heavy atom. The second-order valence-corrected chi connectivity index (χ2v) is 10.4. The molecule has 4 aromatic rings. The molecular weight excluding hydrogens is 612 g/mol. The van der Waals surface area contributed by atoms with Gasteiger partial charge in [-0.2, -0.15) is 0 Å². The maximum absolute atomic E-state index is 11.7. The Labute approximate surface area is 239 Å². The van der Waals surface area contributed by atoms with Crippen LogP contribution in [0.1, 0.15) is 37.4 Å². The molecule has 0 fully saturated rings. The highest BCUT2D eigenvalue weighted by Gasteiger charge is 2.14. The molecule has 0 saturated heterocycles. The van der Waals surface area contributed by atoms with Crippen molar-refractivity contribution in [2.45, 2.75) is 20.8 Å². The quantitative estimate of drug-likeness (QED) is 0.183. The third-order valence-corrected chi connectivity index (χ3v) is 6.52. The fourth-order valence-corrected chi connectivity index (χ4v) is 4.49. The van der Waals surface area contributed by atoms with E-state index in [2.05, 4.69) is 42.5 Å². The van der Waals surface area contributed by atoms with E-state index in [1.807, 2.05) is 87.5 Å². The number of carbonyl (C=O) groups excluding carboxylic acids is 1. The largest absolute Gasteiger partial charge is 0.478 e. The summed E-state index contributed by atoms with van der Waals surface area (Å²) in [4.78, 5) is 23.1. The summed E-state index contributed by atoms with van der Waals surface area (Å²) in [5.74, 6) is -1.31. The molecule has 0 amide bonds. The zero-order chi connectivity index (χ0) is 27.8. The first-order valence-electron chi connectivity index (χ1n) is 11.7. The fourth-order valence-electron chi connectivity index (χ4n) is 3.56. The molecule has 6 nitrogen and oxygen atoms in total. The Morgan fingerprint density at radius 1 is 0.711 bits per heavy atom. The lowest BCUT2D eigenvalue weighted by atomic mass is 10.1. The highest BCUT2D eigenvalue weighted by atomic mass is 79.9. The molecule has 8 heteroatoms. The zero-order valence-electron chi connectivity index (χ0n) is 21.4. The number of methoxy groups -OCH3 is 1. The van der Waals surface area contributed by atoms with Crippen LogP contribution in [-0.2, 0) is 4.74 Å². The van der Waals surface area contributed by atoms with Crippen LogP contribution in [0.15, 0.2) is 87.8 Å². The van der Waals surface area contributed by atoms with Gasteiger partial charge in [0.25, 0.3) is 0 Å².